The number of aromatic nitrogens is 2. The van der Waals surface area contributed by atoms with Gasteiger partial charge in [0, 0.05) is 36.2 Å². The lowest BCUT2D eigenvalue weighted by atomic mass is 10.0. The molecule has 1 heterocycles. The van der Waals surface area contributed by atoms with Crippen molar-refractivity contribution in [2.45, 2.75) is 57.0 Å². The van der Waals surface area contributed by atoms with Crippen LogP contribution >= 0.6 is 0 Å². The molecule has 0 spiro atoms. The fourth-order valence-corrected chi connectivity index (χ4v) is 6.17. The first-order valence-electron chi connectivity index (χ1n) is 14.3. The van der Waals surface area contributed by atoms with Crippen molar-refractivity contribution in [2.24, 2.45) is 0 Å². The predicted molar refractivity (Wildman–Crippen MR) is 164 cm³/mol. The van der Waals surface area contributed by atoms with Gasteiger partial charge in [0.25, 0.3) is 15.9 Å². The fraction of sp³-hybridized carbons (Fsp3) is 0.250. The monoisotopic (exact) mass is 635 g/mol. The zero-order valence-electron chi connectivity index (χ0n) is 24.8. The van der Waals surface area contributed by atoms with Crippen molar-refractivity contribution in [3.05, 3.63) is 107 Å². The molecule has 0 aliphatic carbocycles. The van der Waals surface area contributed by atoms with E-state index < -0.39 is 39.6 Å². The molecule has 0 radical (unpaired) electrons. The van der Waals surface area contributed by atoms with Crippen LogP contribution in [0, 0.1) is 5.82 Å². The molecule has 0 unspecified atom stereocenters. The van der Waals surface area contributed by atoms with Gasteiger partial charge in [0.1, 0.15) is 11.5 Å². The first kappa shape index (κ1) is 33.0. The molecule has 1 atom stereocenters. The number of hydroxylamine groups is 1. The molecule has 236 valence electrons. The maximum absolute atomic E-state index is 15.5. The molecular weight excluding hydrogens is 601 g/mol. The molecule has 1 aromatic heterocycles. The van der Waals surface area contributed by atoms with Gasteiger partial charge in [-0.3, -0.25) is 24.3 Å². The second-order valence-corrected chi connectivity index (χ2v) is 12.1. The van der Waals surface area contributed by atoms with Crippen LogP contribution in [0.15, 0.2) is 83.8 Å². The van der Waals surface area contributed by atoms with Crippen LogP contribution in [-0.4, -0.2) is 47.2 Å². The number of sulfonamides is 1. The SMILES string of the molecule is CCCc1cc(C(=O)N[C@@H](CC(=O)NO)Cc2ccccc2)nn1Cc1ccc(-c2ccccc2S(=O)(=O)NC(C)=O)cc1F. The van der Waals surface area contributed by atoms with Gasteiger partial charge in [0.05, 0.1) is 11.4 Å². The number of amides is 3. The number of nitrogens with zero attached hydrogens (tertiary/aromatic N) is 2. The smallest absolute Gasteiger partial charge is 0.272 e. The Bertz CT molecular complexity index is 1790. The van der Waals surface area contributed by atoms with E-state index in [1.54, 1.807) is 23.7 Å². The molecule has 0 saturated carbocycles. The zero-order valence-corrected chi connectivity index (χ0v) is 25.6. The molecule has 11 nitrogen and oxygen atoms in total. The van der Waals surface area contributed by atoms with E-state index in [-0.39, 0.29) is 34.7 Å². The van der Waals surface area contributed by atoms with Crippen molar-refractivity contribution in [1.82, 2.24) is 25.3 Å². The third-order valence-corrected chi connectivity index (χ3v) is 8.45. The van der Waals surface area contributed by atoms with E-state index in [0.29, 0.717) is 24.1 Å². The maximum atomic E-state index is 15.5. The number of nitrogens with one attached hydrogen (secondary N) is 3. The number of aryl methyl sites for hydroxylation is 1. The first-order chi connectivity index (χ1) is 21.5. The minimum absolute atomic E-state index is 0.000919. The number of carbonyl (C=O) groups excluding carboxylic acids is 3. The molecule has 4 aromatic rings. The van der Waals surface area contributed by atoms with E-state index in [1.165, 1.54) is 35.0 Å². The van der Waals surface area contributed by atoms with Crippen LogP contribution in [0.4, 0.5) is 4.39 Å². The Labute approximate surface area is 260 Å². The summed E-state index contributed by atoms with van der Waals surface area (Å²) in [4.78, 5) is 36.5. The Morgan fingerprint density at radius 1 is 1.00 bits per heavy atom. The van der Waals surface area contributed by atoms with Crippen LogP contribution in [0.25, 0.3) is 11.1 Å². The topological polar surface area (TPSA) is 159 Å². The molecular formula is C32H34FN5O6S. The van der Waals surface area contributed by atoms with E-state index >= 15 is 4.39 Å². The van der Waals surface area contributed by atoms with Crippen molar-refractivity contribution in [3.8, 4) is 11.1 Å². The van der Waals surface area contributed by atoms with Crippen LogP contribution < -0.4 is 15.5 Å². The van der Waals surface area contributed by atoms with E-state index in [1.807, 2.05) is 42.0 Å². The van der Waals surface area contributed by atoms with Gasteiger partial charge in [-0.2, -0.15) is 5.10 Å². The first-order valence-corrected chi connectivity index (χ1v) is 15.7. The number of hydrogen-bond acceptors (Lipinski definition) is 7. The molecule has 3 amide bonds. The van der Waals surface area contributed by atoms with Crippen molar-refractivity contribution in [2.75, 3.05) is 0 Å². The number of benzene rings is 3. The highest BCUT2D eigenvalue weighted by molar-refractivity contribution is 7.90. The number of halogens is 1. The number of carbonyl (C=O) groups is 3. The predicted octanol–water partition coefficient (Wildman–Crippen LogP) is 3.75. The lowest BCUT2D eigenvalue weighted by Gasteiger charge is -2.17. The third kappa shape index (κ3) is 8.61. The zero-order chi connectivity index (χ0) is 32.6. The Morgan fingerprint density at radius 3 is 2.38 bits per heavy atom. The van der Waals surface area contributed by atoms with Gasteiger partial charge in [-0.1, -0.05) is 74.0 Å². The molecule has 0 bridgehead atoms. The highest BCUT2D eigenvalue weighted by atomic mass is 32.2. The minimum Gasteiger partial charge on any atom is -0.347 e. The van der Waals surface area contributed by atoms with Crippen LogP contribution in [0.1, 0.15) is 54.0 Å². The summed E-state index contributed by atoms with van der Waals surface area (Å²) in [5.74, 6) is -2.53. The van der Waals surface area contributed by atoms with Gasteiger partial charge in [-0.15, -0.1) is 0 Å². The summed E-state index contributed by atoms with van der Waals surface area (Å²) in [6.07, 6.45) is 1.48. The largest absolute Gasteiger partial charge is 0.347 e. The molecule has 13 heteroatoms. The Hall–Kier alpha value is -4.88. The third-order valence-electron chi connectivity index (χ3n) is 6.96. The number of rotatable bonds is 13. The molecule has 4 rings (SSSR count). The van der Waals surface area contributed by atoms with Crippen LogP contribution in [0.3, 0.4) is 0 Å². The van der Waals surface area contributed by atoms with Crippen LogP contribution in [-0.2, 0) is 39.0 Å². The molecule has 45 heavy (non-hydrogen) atoms. The van der Waals surface area contributed by atoms with Gasteiger partial charge in [0.2, 0.25) is 11.8 Å². The Kier molecular flexibility index (Phi) is 10.8. The Morgan fingerprint density at radius 2 is 1.71 bits per heavy atom. The van der Waals surface area contributed by atoms with Crippen molar-refractivity contribution in [1.29, 1.82) is 0 Å². The van der Waals surface area contributed by atoms with Crippen molar-refractivity contribution in [3.63, 3.8) is 0 Å². The molecule has 3 aromatic carbocycles. The Balaban J connectivity index is 1.58. The summed E-state index contributed by atoms with van der Waals surface area (Å²) >= 11 is 0. The summed E-state index contributed by atoms with van der Waals surface area (Å²) in [5.41, 5.74) is 4.06. The van der Waals surface area contributed by atoms with E-state index in [0.717, 1.165) is 18.9 Å². The van der Waals surface area contributed by atoms with E-state index in [4.69, 9.17) is 5.21 Å². The standard InChI is InChI=1S/C32H34FN5O6S/c1-3-9-26-19-29(32(41)34-25(18-31(40)36-42)16-22-10-5-4-6-11-22)35-38(26)20-24-15-14-23(17-28(24)33)27-12-7-8-13-30(27)45(43,44)37-21(2)39/h4-8,10-15,17,19,25,42H,3,9,16,18,20H2,1-2H3,(H,34,41)(H,36,40)(H,37,39)/t25-/m1/s1. The van der Waals surface area contributed by atoms with Crippen LogP contribution in [0.2, 0.25) is 0 Å². The summed E-state index contributed by atoms with van der Waals surface area (Å²) < 4.78 is 44.4. The summed E-state index contributed by atoms with van der Waals surface area (Å²) in [6, 6.07) is 20.6. The molecule has 0 aliphatic heterocycles. The number of hydrogen-bond donors (Lipinski definition) is 4. The van der Waals surface area contributed by atoms with E-state index in [9.17, 15) is 22.8 Å². The second-order valence-electron chi connectivity index (χ2n) is 10.5. The summed E-state index contributed by atoms with van der Waals surface area (Å²) in [6.45, 7) is 3.05. The van der Waals surface area contributed by atoms with Crippen LogP contribution in [0.5, 0.6) is 0 Å². The van der Waals surface area contributed by atoms with E-state index in [2.05, 4.69) is 10.4 Å². The maximum Gasteiger partial charge on any atom is 0.272 e. The van der Waals surface area contributed by atoms with Crippen molar-refractivity contribution >= 4 is 27.7 Å². The van der Waals surface area contributed by atoms with Crippen molar-refractivity contribution < 1.29 is 32.4 Å². The molecule has 0 aliphatic rings. The molecule has 0 saturated heterocycles. The van der Waals surface area contributed by atoms with Gasteiger partial charge in [-0.05, 0) is 42.2 Å². The van der Waals surface area contributed by atoms with Gasteiger partial charge < -0.3 is 5.32 Å². The quantitative estimate of drug-likeness (QED) is 0.129. The fourth-order valence-electron chi connectivity index (χ4n) is 4.95. The second kappa shape index (κ2) is 14.7. The van der Waals surface area contributed by atoms with Gasteiger partial charge >= 0.3 is 0 Å². The highest BCUT2D eigenvalue weighted by Crippen LogP contribution is 2.29. The highest BCUT2D eigenvalue weighted by Gasteiger charge is 2.23. The minimum atomic E-state index is -4.17. The molecule has 4 N–H and O–H groups in total. The normalized spacial score (nSPS) is 11.9. The average Bonchev–Trinajstić information content (AvgIpc) is 3.40. The summed E-state index contributed by atoms with van der Waals surface area (Å²) in [5, 5.41) is 16.3. The lowest BCUT2D eigenvalue weighted by molar-refractivity contribution is -0.129. The van der Waals surface area contributed by atoms with Gasteiger partial charge in [-0.25, -0.2) is 23.0 Å². The lowest BCUT2D eigenvalue weighted by Crippen LogP contribution is -2.40. The van der Waals surface area contributed by atoms with Gasteiger partial charge in [0.15, 0.2) is 0 Å². The molecule has 0 fully saturated rings. The average molecular weight is 636 g/mol. The summed E-state index contributed by atoms with van der Waals surface area (Å²) in [7, 11) is -4.17.